The van der Waals surface area contributed by atoms with Gasteiger partial charge in [-0.3, -0.25) is 9.59 Å². The van der Waals surface area contributed by atoms with Crippen LogP contribution >= 0.6 is 22.7 Å². The first-order valence-corrected chi connectivity index (χ1v) is 13.3. The summed E-state index contributed by atoms with van der Waals surface area (Å²) in [4.78, 5) is 29.3. The number of amides is 2. The fourth-order valence-electron chi connectivity index (χ4n) is 5.33. The molecule has 0 aromatic carbocycles. The summed E-state index contributed by atoms with van der Waals surface area (Å²) in [6.45, 7) is 2.79. The van der Waals surface area contributed by atoms with Crippen molar-refractivity contribution < 1.29 is 9.59 Å². The molecule has 1 aliphatic heterocycles. The van der Waals surface area contributed by atoms with Crippen LogP contribution < -0.4 is 11.1 Å². The summed E-state index contributed by atoms with van der Waals surface area (Å²) in [5.41, 5.74) is 7.08. The Bertz CT molecular complexity index is 1280. The van der Waals surface area contributed by atoms with Gasteiger partial charge in [-0.05, 0) is 67.7 Å². The zero-order valence-corrected chi connectivity index (χ0v) is 20.9. The molecule has 4 N–H and O–H groups in total. The van der Waals surface area contributed by atoms with E-state index in [4.69, 9.17) is 5.73 Å². The monoisotopic (exact) mass is 510 g/mol. The van der Waals surface area contributed by atoms with Crippen molar-refractivity contribution in [1.82, 2.24) is 30.8 Å². The van der Waals surface area contributed by atoms with Gasteiger partial charge in [0.1, 0.15) is 6.04 Å². The number of likely N-dealkylation sites (tertiary alicyclic amines) is 1. The van der Waals surface area contributed by atoms with E-state index in [9.17, 15) is 14.9 Å². The number of hydrogen-bond donors (Lipinski definition) is 3. The highest BCUT2D eigenvalue weighted by atomic mass is 32.1. The van der Waals surface area contributed by atoms with E-state index in [2.05, 4.69) is 43.5 Å². The number of primary amides is 1. The number of nitrogens with two attached hydrogens (primary N) is 1. The van der Waals surface area contributed by atoms with Gasteiger partial charge in [-0.2, -0.15) is 10.5 Å². The van der Waals surface area contributed by atoms with Gasteiger partial charge in [0.25, 0.3) is 5.91 Å². The van der Waals surface area contributed by atoms with Gasteiger partial charge in [-0.15, -0.1) is 32.9 Å². The summed E-state index contributed by atoms with van der Waals surface area (Å²) < 4.78 is 0. The number of H-pyrrole nitrogens is 1. The zero-order chi connectivity index (χ0) is 24.6. The van der Waals surface area contributed by atoms with Crippen LogP contribution in [-0.2, 0) is 23.1 Å². The summed E-state index contributed by atoms with van der Waals surface area (Å²) in [5.74, 6) is 0.00622. The van der Waals surface area contributed by atoms with Gasteiger partial charge in [0.15, 0.2) is 5.82 Å². The Hall–Kier alpha value is -3.14. The summed E-state index contributed by atoms with van der Waals surface area (Å²) in [5, 5.41) is 30.1. The van der Waals surface area contributed by atoms with Gasteiger partial charge in [0, 0.05) is 22.3 Å². The van der Waals surface area contributed by atoms with Crippen molar-refractivity contribution in [1.29, 1.82) is 5.26 Å². The Kier molecular flexibility index (Phi) is 6.39. The quantitative estimate of drug-likeness (QED) is 0.437. The van der Waals surface area contributed by atoms with Crippen molar-refractivity contribution in [3.05, 3.63) is 49.1 Å². The normalized spacial score (nSPS) is 22.2. The molecule has 0 radical (unpaired) electrons. The molecule has 3 atom stereocenters. The summed E-state index contributed by atoms with van der Waals surface area (Å²) in [7, 11) is 0. The number of carbonyl (C=O) groups is 2. The van der Waals surface area contributed by atoms with Crippen LogP contribution in [0.15, 0.2) is 17.5 Å². The molecule has 10 nitrogen and oxygen atoms in total. The molecule has 35 heavy (non-hydrogen) atoms. The van der Waals surface area contributed by atoms with E-state index >= 15 is 0 Å². The third kappa shape index (κ3) is 4.13. The van der Waals surface area contributed by atoms with E-state index in [1.807, 2.05) is 13.0 Å². The molecule has 5 rings (SSSR count). The number of aromatic amines is 1. The van der Waals surface area contributed by atoms with Crippen molar-refractivity contribution in [2.45, 2.75) is 56.5 Å². The van der Waals surface area contributed by atoms with Crippen LogP contribution in [0, 0.1) is 11.3 Å². The fourth-order valence-corrected chi connectivity index (χ4v) is 7.56. The predicted octanol–water partition coefficient (Wildman–Crippen LogP) is 1.74. The van der Waals surface area contributed by atoms with Crippen LogP contribution in [0.3, 0.4) is 0 Å². The lowest BCUT2D eigenvalue weighted by atomic mass is 9.73. The average Bonchev–Trinajstić information content (AvgIpc) is 3.65. The number of carbonyl (C=O) groups excluding carboxylic acids is 2. The third-order valence-corrected chi connectivity index (χ3v) is 9.26. The van der Waals surface area contributed by atoms with Crippen molar-refractivity contribution in [3.8, 4) is 6.07 Å². The lowest BCUT2D eigenvalue weighted by Crippen LogP contribution is -2.45. The van der Waals surface area contributed by atoms with E-state index in [-0.39, 0.29) is 24.5 Å². The minimum absolute atomic E-state index is 0.0700. The Balaban J connectivity index is 1.50. The fraction of sp³-hybridized carbons (Fsp3) is 0.478. The maximum atomic E-state index is 12.8. The first-order chi connectivity index (χ1) is 16.9. The number of rotatable bonds is 7. The molecule has 3 aromatic heterocycles. The summed E-state index contributed by atoms with van der Waals surface area (Å²) in [6, 6.07) is 5.77. The highest BCUT2D eigenvalue weighted by Crippen LogP contribution is 2.50. The number of aromatic nitrogens is 4. The molecule has 4 heterocycles. The Morgan fingerprint density at radius 2 is 2.31 bits per heavy atom. The number of nitrogens with zero attached hydrogens (tertiary/aromatic N) is 5. The summed E-state index contributed by atoms with van der Waals surface area (Å²) >= 11 is 3.09. The lowest BCUT2D eigenvalue weighted by Gasteiger charge is -2.33. The zero-order valence-electron chi connectivity index (χ0n) is 19.3. The molecule has 1 saturated heterocycles. The molecule has 182 valence electrons. The van der Waals surface area contributed by atoms with E-state index in [0.717, 1.165) is 41.7 Å². The minimum Gasteiger partial charge on any atom is -0.365 e. The topological polar surface area (TPSA) is 154 Å². The van der Waals surface area contributed by atoms with Gasteiger partial charge >= 0.3 is 0 Å². The standard InChI is InChI=1S/C23H26N8O2S2/c1-13(26-12-19(32)31-7-2-3-15(31)11-24)10-23(22-27-29-30-28-22)16-6-8-34-17(16)5-4-14-9-18(21(25)33)35-20(14)23/h6,8-9,13,15,26H,2-5,7,10,12H2,1H3,(H2,25,33)(H,27,28,29,30)/t13-,15-,23?/m0/s1. The molecular weight excluding hydrogens is 484 g/mol. The van der Waals surface area contributed by atoms with Crippen molar-refractivity contribution >= 4 is 34.5 Å². The molecule has 0 spiro atoms. The first kappa shape index (κ1) is 23.6. The van der Waals surface area contributed by atoms with Gasteiger partial charge in [-0.1, -0.05) is 5.21 Å². The number of hydrogen-bond acceptors (Lipinski definition) is 9. The molecule has 2 aliphatic rings. The van der Waals surface area contributed by atoms with Crippen LogP contribution in [0.2, 0.25) is 0 Å². The maximum Gasteiger partial charge on any atom is 0.258 e. The SMILES string of the molecule is C[C@@H](CC1(c2nn[nH]n2)c2ccsc2CCc2cc(C(N)=O)sc21)NCC(=O)N1CCC[C@H]1C#N. The van der Waals surface area contributed by atoms with E-state index in [1.54, 1.807) is 16.2 Å². The molecule has 1 unspecified atom stereocenters. The highest BCUT2D eigenvalue weighted by molar-refractivity contribution is 7.14. The van der Waals surface area contributed by atoms with Crippen LogP contribution in [0.25, 0.3) is 0 Å². The molecule has 12 heteroatoms. The van der Waals surface area contributed by atoms with Gasteiger partial charge in [0.2, 0.25) is 5.91 Å². The van der Waals surface area contributed by atoms with Crippen molar-refractivity contribution in [2.75, 3.05) is 13.1 Å². The molecule has 2 amide bonds. The molecule has 0 bridgehead atoms. The number of nitriles is 1. The van der Waals surface area contributed by atoms with Crippen LogP contribution in [0.5, 0.6) is 0 Å². The number of thiophene rings is 2. The van der Waals surface area contributed by atoms with Crippen LogP contribution in [0.4, 0.5) is 0 Å². The second-order valence-electron chi connectivity index (χ2n) is 9.09. The first-order valence-electron chi connectivity index (χ1n) is 11.6. The second-order valence-corrected chi connectivity index (χ2v) is 11.1. The molecule has 1 aliphatic carbocycles. The van der Waals surface area contributed by atoms with Gasteiger partial charge in [-0.25, -0.2) is 0 Å². The van der Waals surface area contributed by atoms with Gasteiger partial charge in [0.05, 0.1) is 22.9 Å². The summed E-state index contributed by atoms with van der Waals surface area (Å²) in [6.07, 6.45) is 3.76. The molecule has 1 fully saturated rings. The van der Waals surface area contributed by atoms with E-state index < -0.39 is 11.3 Å². The van der Waals surface area contributed by atoms with Crippen LogP contribution in [0.1, 0.15) is 62.6 Å². The third-order valence-electron chi connectivity index (χ3n) is 6.93. The number of tetrazole rings is 1. The van der Waals surface area contributed by atoms with E-state index in [0.29, 0.717) is 23.7 Å². The smallest absolute Gasteiger partial charge is 0.258 e. The van der Waals surface area contributed by atoms with E-state index in [1.165, 1.54) is 16.2 Å². The maximum absolute atomic E-state index is 12.8. The van der Waals surface area contributed by atoms with Crippen LogP contribution in [-0.4, -0.2) is 62.5 Å². The number of fused-ring (bicyclic) bond motifs is 2. The largest absolute Gasteiger partial charge is 0.365 e. The number of aryl methyl sites for hydroxylation is 2. The van der Waals surface area contributed by atoms with Gasteiger partial charge < -0.3 is 16.0 Å². The average molecular weight is 511 g/mol. The molecule has 3 aromatic rings. The lowest BCUT2D eigenvalue weighted by molar-refractivity contribution is -0.130. The second kappa shape index (κ2) is 9.49. The molecular formula is C23H26N8O2S2. The highest BCUT2D eigenvalue weighted by Gasteiger charge is 2.47. The Morgan fingerprint density at radius 1 is 1.46 bits per heavy atom. The number of nitrogens with one attached hydrogen (secondary N) is 2. The van der Waals surface area contributed by atoms with Crippen molar-refractivity contribution in [2.24, 2.45) is 5.73 Å². The predicted molar refractivity (Wildman–Crippen MR) is 131 cm³/mol. The Morgan fingerprint density at radius 3 is 3.06 bits per heavy atom. The molecule has 0 saturated carbocycles. The Labute approximate surface area is 210 Å². The van der Waals surface area contributed by atoms with Crippen molar-refractivity contribution in [3.63, 3.8) is 0 Å². The minimum atomic E-state index is -0.745.